The van der Waals surface area contributed by atoms with Crippen LogP contribution in [0.2, 0.25) is 0 Å². The smallest absolute Gasteiger partial charge is 0.411 e. The van der Waals surface area contributed by atoms with E-state index in [2.05, 4.69) is 10.3 Å². The minimum Gasteiger partial charge on any atom is -0.486 e. The summed E-state index contributed by atoms with van der Waals surface area (Å²) in [4.78, 5) is 26.5. The van der Waals surface area contributed by atoms with Gasteiger partial charge in [0.25, 0.3) is 3.79 Å². The number of aromatic nitrogens is 2. The molecule has 1 amide bonds. The number of rotatable bonds is 8. The minimum atomic E-state index is -1.84. The molecule has 1 aliphatic rings. The minimum absolute atomic E-state index is 0.0460. The third-order valence-electron chi connectivity index (χ3n) is 4.60. The number of alkyl halides is 3. The number of ether oxygens (including phenoxy) is 3. The number of aryl methyl sites for hydroxylation is 1. The number of fused-ring (bicyclic) bond motifs is 1. The number of nitrogens with zero attached hydrogens (tertiary/aromatic N) is 3. The second-order valence-electron chi connectivity index (χ2n) is 6.84. The number of imidazole rings is 1. The van der Waals surface area contributed by atoms with Crippen molar-refractivity contribution in [1.29, 1.82) is 0 Å². The number of nitrogens with two attached hydrogens (primary N) is 1. The standard InChI is InChI=1S/C18H20Cl3N5O6/c1-11-22-9-15(26(28)29)25(11)6-7-30-17(27)24-16(18(19,20)21)23-8-12-10-31-13-4-2-3-5-14(13)32-12/h2-5,9,12,16,23H,6-8,10H2,1H3,(H,24,27)/p+1/t12-,16-/m0/s1. The van der Waals surface area contributed by atoms with E-state index in [1.54, 1.807) is 24.4 Å². The van der Waals surface area contributed by atoms with Crippen LogP contribution in [0.25, 0.3) is 0 Å². The number of para-hydroxylation sites is 2. The molecule has 0 spiro atoms. The van der Waals surface area contributed by atoms with Crippen LogP contribution < -0.4 is 20.1 Å². The molecule has 2 heterocycles. The number of hydrogen-bond donors (Lipinski definition) is 2. The number of quaternary nitrogens is 1. The van der Waals surface area contributed by atoms with Gasteiger partial charge in [0.2, 0.25) is 6.17 Å². The Bertz CT molecular complexity index is 967. The lowest BCUT2D eigenvalue weighted by Crippen LogP contribution is -2.98. The van der Waals surface area contributed by atoms with E-state index in [1.165, 1.54) is 4.57 Å². The van der Waals surface area contributed by atoms with Crippen LogP contribution in [-0.4, -0.2) is 56.4 Å². The van der Waals surface area contributed by atoms with Gasteiger partial charge in [0, 0.05) is 6.92 Å². The number of nitro groups is 1. The maximum Gasteiger partial charge on any atom is 0.411 e. The maximum absolute atomic E-state index is 12.2. The number of benzene rings is 1. The summed E-state index contributed by atoms with van der Waals surface area (Å²) in [6.07, 6.45) is -1.02. The number of carbonyl (C=O) groups is 1. The summed E-state index contributed by atoms with van der Waals surface area (Å²) in [6.45, 7) is 2.13. The Labute approximate surface area is 198 Å². The quantitative estimate of drug-likeness (QED) is 0.240. The molecule has 32 heavy (non-hydrogen) atoms. The predicted octanol–water partition coefficient (Wildman–Crippen LogP) is 1.93. The molecular formula is C18H21Cl3N5O6+. The van der Waals surface area contributed by atoms with Gasteiger partial charge in [-0.15, -0.1) is 0 Å². The normalized spacial score (nSPS) is 16.3. The third-order valence-corrected chi connectivity index (χ3v) is 5.30. The van der Waals surface area contributed by atoms with Crippen LogP contribution in [0, 0.1) is 17.0 Å². The zero-order valence-electron chi connectivity index (χ0n) is 16.9. The maximum atomic E-state index is 12.2. The SMILES string of the molecule is Cc1ncc([N+](=O)[O-])n1CCOC(=O)N[C@H]([NH2+]C[C@H]1COc2ccccc2O1)C(Cl)(Cl)Cl. The molecule has 0 aliphatic carbocycles. The second kappa shape index (κ2) is 10.4. The fourth-order valence-corrected chi connectivity index (χ4v) is 3.45. The fraction of sp³-hybridized carbons (Fsp3) is 0.444. The molecular weight excluding hydrogens is 489 g/mol. The summed E-state index contributed by atoms with van der Waals surface area (Å²) in [5, 5.41) is 15.1. The molecule has 1 aliphatic heterocycles. The van der Waals surface area contributed by atoms with Crippen molar-refractivity contribution in [3.8, 4) is 11.5 Å². The van der Waals surface area contributed by atoms with Gasteiger partial charge < -0.3 is 29.6 Å². The molecule has 0 fully saturated rings. The number of halogens is 3. The number of amides is 1. The Balaban J connectivity index is 1.50. The Hall–Kier alpha value is -2.47. The first kappa shape index (κ1) is 24.2. The van der Waals surface area contributed by atoms with Gasteiger partial charge in [-0.1, -0.05) is 46.9 Å². The number of carbonyl (C=O) groups excluding carboxylic acids is 1. The molecule has 1 aromatic carbocycles. The van der Waals surface area contributed by atoms with Crippen LogP contribution in [-0.2, 0) is 11.3 Å². The lowest BCUT2D eigenvalue weighted by molar-refractivity contribution is -0.697. The molecule has 3 N–H and O–H groups in total. The van der Waals surface area contributed by atoms with Crippen LogP contribution in [0.15, 0.2) is 30.5 Å². The van der Waals surface area contributed by atoms with Gasteiger partial charge in [-0.2, -0.15) is 0 Å². The van der Waals surface area contributed by atoms with Crippen molar-refractivity contribution in [3.05, 3.63) is 46.4 Å². The van der Waals surface area contributed by atoms with Gasteiger partial charge in [0.1, 0.15) is 32.5 Å². The highest BCUT2D eigenvalue weighted by atomic mass is 35.6. The predicted molar refractivity (Wildman–Crippen MR) is 115 cm³/mol. The number of alkyl carbamates (subject to hydrolysis) is 1. The summed E-state index contributed by atoms with van der Waals surface area (Å²) < 4.78 is 16.1. The molecule has 0 saturated heterocycles. The lowest BCUT2D eigenvalue weighted by Gasteiger charge is -2.28. The Morgan fingerprint density at radius 3 is 2.84 bits per heavy atom. The van der Waals surface area contributed by atoms with Crippen molar-refractivity contribution < 1.29 is 29.2 Å². The van der Waals surface area contributed by atoms with Gasteiger partial charge in [0.05, 0.1) is 0 Å². The second-order valence-corrected chi connectivity index (χ2v) is 9.21. The molecule has 3 rings (SSSR count). The van der Waals surface area contributed by atoms with Crippen molar-refractivity contribution >= 4 is 46.7 Å². The topological polar surface area (TPSA) is 134 Å². The zero-order valence-corrected chi connectivity index (χ0v) is 19.1. The molecule has 14 heteroatoms. The molecule has 0 bridgehead atoms. The molecule has 11 nitrogen and oxygen atoms in total. The highest BCUT2D eigenvalue weighted by Gasteiger charge is 2.39. The number of nitrogens with one attached hydrogen (secondary N) is 1. The van der Waals surface area contributed by atoms with Crippen LogP contribution in [0.1, 0.15) is 5.82 Å². The van der Waals surface area contributed by atoms with Gasteiger partial charge in [0.15, 0.2) is 23.4 Å². The van der Waals surface area contributed by atoms with Crippen molar-refractivity contribution in [1.82, 2.24) is 14.9 Å². The Morgan fingerprint density at radius 1 is 1.44 bits per heavy atom. The van der Waals surface area contributed by atoms with E-state index >= 15 is 0 Å². The summed E-state index contributed by atoms with van der Waals surface area (Å²) in [6, 6.07) is 7.26. The first-order chi connectivity index (χ1) is 15.1. The molecule has 0 unspecified atom stereocenters. The van der Waals surface area contributed by atoms with Crippen molar-refractivity contribution in [2.24, 2.45) is 0 Å². The summed E-state index contributed by atoms with van der Waals surface area (Å²) in [5.74, 6) is 1.48. The largest absolute Gasteiger partial charge is 0.486 e. The Morgan fingerprint density at radius 2 is 2.16 bits per heavy atom. The van der Waals surface area contributed by atoms with E-state index in [1.807, 2.05) is 12.1 Å². The van der Waals surface area contributed by atoms with Gasteiger partial charge >= 0.3 is 11.9 Å². The first-order valence-corrected chi connectivity index (χ1v) is 10.7. The van der Waals surface area contributed by atoms with Gasteiger partial charge in [-0.05, 0) is 17.1 Å². The van der Waals surface area contributed by atoms with Crippen molar-refractivity contribution in [2.45, 2.75) is 29.5 Å². The number of hydrogen-bond acceptors (Lipinski definition) is 7. The molecule has 2 aromatic rings. The summed E-state index contributed by atoms with van der Waals surface area (Å²) in [5.41, 5.74) is 0. The Kier molecular flexibility index (Phi) is 7.88. The lowest BCUT2D eigenvalue weighted by atomic mass is 10.2. The highest BCUT2D eigenvalue weighted by Crippen LogP contribution is 2.31. The van der Waals surface area contributed by atoms with E-state index in [4.69, 9.17) is 49.0 Å². The molecule has 0 saturated carbocycles. The third kappa shape index (κ3) is 6.28. The van der Waals surface area contributed by atoms with Crippen LogP contribution in [0.5, 0.6) is 11.5 Å². The molecule has 0 radical (unpaired) electrons. The van der Waals surface area contributed by atoms with Crippen LogP contribution in [0.3, 0.4) is 0 Å². The average Bonchev–Trinajstić information content (AvgIpc) is 3.11. The van der Waals surface area contributed by atoms with Crippen LogP contribution >= 0.6 is 34.8 Å². The fourth-order valence-electron chi connectivity index (χ4n) is 3.02. The van der Waals surface area contributed by atoms with Gasteiger partial charge in [-0.3, -0.25) is 5.32 Å². The summed E-state index contributed by atoms with van der Waals surface area (Å²) >= 11 is 18.0. The van der Waals surface area contributed by atoms with Crippen molar-refractivity contribution in [2.75, 3.05) is 19.8 Å². The summed E-state index contributed by atoms with van der Waals surface area (Å²) in [7, 11) is 0. The van der Waals surface area contributed by atoms with Crippen molar-refractivity contribution in [3.63, 3.8) is 0 Å². The van der Waals surface area contributed by atoms with E-state index in [0.717, 1.165) is 6.20 Å². The van der Waals surface area contributed by atoms with E-state index in [-0.39, 0.29) is 25.1 Å². The average molecular weight is 510 g/mol. The monoisotopic (exact) mass is 508 g/mol. The van der Waals surface area contributed by atoms with E-state index in [9.17, 15) is 14.9 Å². The van der Waals surface area contributed by atoms with E-state index in [0.29, 0.717) is 30.5 Å². The first-order valence-electron chi connectivity index (χ1n) is 9.53. The molecule has 1 aromatic heterocycles. The molecule has 2 atom stereocenters. The van der Waals surface area contributed by atoms with Gasteiger partial charge in [-0.25, -0.2) is 14.3 Å². The van der Waals surface area contributed by atoms with Crippen LogP contribution in [0.4, 0.5) is 10.6 Å². The van der Waals surface area contributed by atoms with E-state index < -0.39 is 21.0 Å². The highest BCUT2D eigenvalue weighted by molar-refractivity contribution is 6.68. The zero-order chi connectivity index (χ0) is 23.3. The molecule has 174 valence electrons.